The zero-order valence-corrected chi connectivity index (χ0v) is 8.51. The summed E-state index contributed by atoms with van der Waals surface area (Å²) >= 11 is 0. The number of aromatic nitrogens is 2. The number of carboxylic acids is 1. The van der Waals surface area contributed by atoms with E-state index in [0.717, 1.165) is 0 Å². The Hall–Kier alpha value is -2.04. The van der Waals surface area contributed by atoms with E-state index in [1.54, 1.807) is 0 Å². The van der Waals surface area contributed by atoms with Gasteiger partial charge in [0.1, 0.15) is 17.6 Å². The van der Waals surface area contributed by atoms with E-state index in [1.807, 2.05) is 0 Å². The highest BCUT2D eigenvalue weighted by atomic mass is 19.1. The van der Waals surface area contributed by atoms with Gasteiger partial charge < -0.3 is 5.11 Å². The van der Waals surface area contributed by atoms with Crippen LogP contribution in [-0.4, -0.2) is 21.0 Å². The molecule has 0 bridgehead atoms. The van der Waals surface area contributed by atoms with Crippen molar-refractivity contribution in [1.29, 1.82) is 0 Å². The summed E-state index contributed by atoms with van der Waals surface area (Å²) in [5.41, 5.74) is 0.541. The van der Waals surface area contributed by atoms with Gasteiger partial charge in [-0.1, -0.05) is 0 Å². The van der Waals surface area contributed by atoms with Gasteiger partial charge in [0.25, 0.3) is 0 Å². The topological polar surface area (TPSA) is 63.1 Å². The van der Waals surface area contributed by atoms with E-state index in [0.29, 0.717) is 10.9 Å². The van der Waals surface area contributed by atoms with Crippen LogP contribution < -0.4 is 0 Å². The van der Waals surface area contributed by atoms with E-state index in [4.69, 9.17) is 5.11 Å². The van der Waals surface area contributed by atoms with Crippen molar-refractivity contribution in [2.75, 3.05) is 0 Å². The fourth-order valence-electron chi connectivity index (χ4n) is 1.34. The molecule has 82 valence electrons. The van der Waals surface area contributed by atoms with Gasteiger partial charge in [-0.25, -0.2) is 14.4 Å². The molecule has 2 aromatic rings. The van der Waals surface area contributed by atoms with E-state index >= 15 is 0 Å². The number of fused-ring (bicyclic) bond motifs is 1. The van der Waals surface area contributed by atoms with Crippen molar-refractivity contribution in [3.8, 4) is 0 Å². The molecular formula is C11H9FN2O2. The second-order valence-corrected chi connectivity index (χ2v) is 3.49. The molecule has 1 aromatic heterocycles. The number of hydrogen-bond acceptors (Lipinski definition) is 3. The predicted octanol–water partition coefficient (Wildman–Crippen LogP) is 1.96. The van der Waals surface area contributed by atoms with Gasteiger partial charge in [-0.15, -0.1) is 0 Å². The van der Waals surface area contributed by atoms with Crippen molar-refractivity contribution in [1.82, 2.24) is 9.97 Å². The highest BCUT2D eigenvalue weighted by Crippen LogP contribution is 2.16. The van der Waals surface area contributed by atoms with Crippen LogP contribution in [0.2, 0.25) is 0 Å². The van der Waals surface area contributed by atoms with Gasteiger partial charge in [0.05, 0.1) is 5.52 Å². The number of carbonyl (C=O) groups is 1. The molecule has 0 aliphatic carbocycles. The number of hydrogen-bond donors (Lipinski definition) is 1. The Labute approximate surface area is 90.8 Å². The smallest absolute Gasteiger partial charge is 0.313 e. The predicted molar refractivity (Wildman–Crippen MR) is 55.5 cm³/mol. The Morgan fingerprint density at radius 1 is 1.50 bits per heavy atom. The monoisotopic (exact) mass is 220 g/mol. The highest BCUT2D eigenvalue weighted by molar-refractivity contribution is 5.79. The molecule has 1 N–H and O–H groups in total. The molecule has 16 heavy (non-hydrogen) atoms. The summed E-state index contributed by atoms with van der Waals surface area (Å²) in [4.78, 5) is 18.7. The van der Waals surface area contributed by atoms with Crippen LogP contribution in [0, 0.1) is 5.82 Å². The molecule has 0 spiro atoms. The first kappa shape index (κ1) is 10.5. The number of carboxylic acid groups (broad SMARTS) is 1. The fourth-order valence-corrected chi connectivity index (χ4v) is 1.34. The summed E-state index contributed by atoms with van der Waals surface area (Å²) in [5, 5.41) is 9.37. The van der Waals surface area contributed by atoms with Crippen LogP contribution in [0.15, 0.2) is 24.4 Å². The number of benzene rings is 1. The summed E-state index contributed by atoms with van der Waals surface area (Å²) in [6.07, 6.45) is 1.43. The van der Waals surface area contributed by atoms with Gasteiger partial charge in [0, 0.05) is 11.6 Å². The molecule has 0 aliphatic rings. The van der Waals surface area contributed by atoms with E-state index in [-0.39, 0.29) is 11.6 Å². The van der Waals surface area contributed by atoms with Gasteiger partial charge in [0.15, 0.2) is 0 Å². The Morgan fingerprint density at radius 2 is 2.25 bits per heavy atom. The highest BCUT2D eigenvalue weighted by Gasteiger charge is 2.16. The Kier molecular flexibility index (Phi) is 2.52. The molecule has 0 saturated carbocycles. The number of halogens is 1. The maximum absolute atomic E-state index is 12.9. The quantitative estimate of drug-likeness (QED) is 0.840. The molecular weight excluding hydrogens is 211 g/mol. The van der Waals surface area contributed by atoms with E-state index in [2.05, 4.69) is 9.97 Å². The maximum atomic E-state index is 12.9. The SMILES string of the molecule is CC(C(=O)O)c1ncc2cc(F)ccc2n1. The molecule has 0 saturated heterocycles. The minimum atomic E-state index is -0.985. The first-order chi connectivity index (χ1) is 7.58. The van der Waals surface area contributed by atoms with Crippen molar-refractivity contribution in [2.45, 2.75) is 12.8 Å². The molecule has 0 aliphatic heterocycles. The maximum Gasteiger partial charge on any atom is 0.313 e. The van der Waals surface area contributed by atoms with Crippen molar-refractivity contribution < 1.29 is 14.3 Å². The molecule has 4 nitrogen and oxygen atoms in total. The van der Waals surface area contributed by atoms with Crippen molar-refractivity contribution >= 4 is 16.9 Å². The standard InChI is InChI=1S/C11H9FN2O2/c1-6(11(15)16)10-13-5-7-4-8(12)2-3-9(7)14-10/h2-6H,1H3,(H,15,16). The van der Waals surface area contributed by atoms with Crippen LogP contribution in [-0.2, 0) is 4.79 Å². The minimum Gasteiger partial charge on any atom is -0.481 e. The first-order valence-corrected chi connectivity index (χ1v) is 4.73. The third-order valence-electron chi connectivity index (χ3n) is 2.32. The molecule has 5 heteroatoms. The lowest BCUT2D eigenvalue weighted by Gasteiger charge is -2.05. The minimum absolute atomic E-state index is 0.228. The average Bonchev–Trinajstić information content (AvgIpc) is 2.27. The number of nitrogens with zero attached hydrogens (tertiary/aromatic N) is 2. The Morgan fingerprint density at radius 3 is 2.94 bits per heavy atom. The zero-order valence-electron chi connectivity index (χ0n) is 8.51. The van der Waals surface area contributed by atoms with Gasteiger partial charge >= 0.3 is 5.97 Å². The summed E-state index contributed by atoms with van der Waals surface area (Å²) in [6.45, 7) is 1.51. The third-order valence-corrected chi connectivity index (χ3v) is 2.32. The van der Waals surface area contributed by atoms with Gasteiger partial charge in [0.2, 0.25) is 0 Å². The van der Waals surface area contributed by atoms with Gasteiger partial charge in [-0.05, 0) is 25.1 Å². The van der Waals surface area contributed by atoms with E-state index < -0.39 is 11.9 Å². The van der Waals surface area contributed by atoms with Crippen LogP contribution in [0.3, 0.4) is 0 Å². The lowest BCUT2D eigenvalue weighted by Crippen LogP contribution is -2.11. The Balaban J connectivity index is 2.52. The number of aliphatic carboxylic acids is 1. The summed E-state index contributed by atoms with van der Waals surface area (Å²) in [6, 6.07) is 4.10. The van der Waals surface area contributed by atoms with Gasteiger partial charge in [-0.2, -0.15) is 0 Å². The molecule has 2 rings (SSSR count). The van der Waals surface area contributed by atoms with E-state index in [9.17, 15) is 9.18 Å². The van der Waals surface area contributed by atoms with Crippen LogP contribution >= 0.6 is 0 Å². The first-order valence-electron chi connectivity index (χ1n) is 4.73. The van der Waals surface area contributed by atoms with Crippen molar-refractivity contribution in [3.63, 3.8) is 0 Å². The summed E-state index contributed by atoms with van der Waals surface area (Å²) in [7, 11) is 0. The molecule has 0 amide bonds. The average molecular weight is 220 g/mol. The van der Waals surface area contributed by atoms with Crippen LogP contribution in [0.5, 0.6) is 0 Å². The lowest BCUT2D eigenvalue weighted by atomic mass is 10.1. The molecule has 1 aromatic carbocycles. The number of rotatable bonds is 2. The van der Waals surface area contributed by atoms with Crippen molar-refractivity contribution in [3.05, 3.63) is 36.0 Å². The lowest BCUT2D eigenvalue weighted by molar-refractivity contribution is -0.138. The molecule has 0 radical (unpaired) electrons. The Bertz CT molecular complexity index is 557. The van der Waals surface area contributed by atoms with Gasteiger partial charge in [-0.3, -0.25) is 4.79 Å². The van der Waals surface area contributed by atoms with E-state index in [1.165, 1.54) is 31.3 Å². The second-order valence-electron chi connectivity index (χ2n) is 3.49. The molecule has 1 heterocycles. The van der Waals surface area contributed by atoms with Crippen molar-refractivity contribution in [2.24, 2.45) is 0 Å². The summed E-state index contributed by atoms with van der Waals surface area (Å²) < 4.78 is 12.9. The summed E-state index contributed by atoms with van der Waals surface area (Å²) in [5.74, 6) is -1.89. The second kappa shape index (κ2) is 3.84. The molecule has 1 atom stereocenters. The zero-order chi connectivity index (χ0) is 11.7. The largest absolute Gasteiger partial charge is 0.481 e. The third kappa shape index (κ3) is 1.84. The van der Waals surface area contributed by atoms with Crippen LogP contribution in [0.4, 0.5) is 4.39 Å². The molecule has 1 unspecified atom stereocenters. The van der Waals surface area contributed by atoms with Crippen LogP contribution in [0.1, 0.15) is 18.7 Å². The normalized spacial score (nSPS) is 12.6. The molecule has 0 fully saturated rings. The van der Waals surface area contributed by atoms with Crippen LogP contribution in [0.25, 0.3) is 10.9 Å². The fraction of sp³-hybridized carbons (Fsp3) is 0.182.